The molecule has 1 N–H and O–H groups in total. The summed E-state index contributed by atoms with van der Waals surface area (Å²) in [6.45, 7) is 0. The summed E-state index contributed by atoms with van der Waals surface area (Å²) in [7, 11) is 3.54. The molecule has 24 heavy (non-hydrogen) atoms. The van der Waals surface area contributed by atoms with Crippen molar-refractivity contribution in [2.45, 2.75) is 18.3 Å². The molecule has 6 heteroatoms. The third-order valence-electron chi connectivity index (χ3n) is 3.72. The molecular formula is C18H19F3N2O. The minimum Gasteiger partial charge on any atom is -0.340 e. The van der Waals surface area contributed by atoms with Crippen LogP contribution in [-0.4, -0.2) is 31.1 Å². The zero-order valence-corrected chi connectivity index (χ0v) is 13.4. The van der Waals surface area contributed by atoms with Crippen molar-refractivity contribution < 1.29 is 18.0 Å². The Morgan fingerprint density at radius 3 is 1.79 bits per heavy atom. The fourth-order valence-corrected chi connectivity index (χ4v) is 2.67. The third-order valence-corrected chi connectivity index (χ3v) is 3.72. The molecular weight excluding hydrogens is 317 g/mol. The average Bonchev–Trinajstić information content (AvgIpc) is 2.54. The van der Waals surface area contributed by atoms with Crippen molar-refractivity contribution in [2.24, 2.45) is 0 Å². The Kier molecular flexibility index (Phi) is 5.62. The van der Waals surface area contributed by atoms with Crippen LogP contribution >= 0.6 is 0 Å². The van der Waals surface area contributed by atoms with Crippen LogP contribution in [0.1, 0.15) is 23.2 Å². The van der Waals surface area contributed by atoms with Crippen LogP contribution in [0.25, 0.3) is 0 Å². The third kappa shape index (κ3) is 4.35. The number of carbonyl (C=O) groups excluding carboxylic acids is 1. The first-order valence-electron chi connectivity index (χ1n) is 7.44. The number of nitrogens with one attached hydrogen (secondary N) is 1. The first kappa shape index (κ1) is 18.0. The highest BCUT2D eigenvalue weighted by atomic mass is 19.4. The lowest BCUT2D eigenvalue weighted by Gasteiger charge is -2.34. The van der Waals surface area contributed by atoms with E-state index >= 15 is 0 Å². The van der Waals surface area contributed by atoms with E-state index in [9.17, 15) is 18.0 Å². The van der Waals surface area contributed by atoms with Crippen LogP contribution in [0, 0.1) is 0 Å². The normalized spacial score (nSPS) is 14.2. The Hall–Kier alpha value is -2.34. The van der Waals surface area contributed by atoms with Crippen molar-refractivity contribution in [3.8, 4) is 0 Å². The summed E-state index contributed by atoms with van der Waals surface area (Å²) in [5, 5.41) is 2.15. The summed E-state index contributed by atoms with van der Waals surface area (Å²) in [6, 6.07) is 16.5. The topological polar surface area (TPSA) is 32.3 Å². The standard InChI is InChI=1S/C18H19F3N2O/c1-23(2)16(14-11-7-4-8-12-14)15(13-9-5-3-6-10-13)22-17(24)18(19,20)21/h3-12,15-16H,1-2H3,(H,22,24)/t15-,16-/m1/s1. The van der Waals surface area contributed by atoms with Gasteiger partial charge in [-0.1, -0.05) is 60.7 Å². The van der Waals surface area contributed by atoms with Crippen molar-refractivity contribution in [3.63, 3.8) is 0 Å². The predicted octanol–water partition coefficient (Wildman–Crippen LogP) is 3.71. The molecule has 2 rings (SSSR count). The van der Waals surface area contributed by atoms with Crippen LogP contribution in [0.15, 0.2) is 60.7 Å². The summed E-state index contributed by atoms with van der Waals surface area (Å²) >= 11 is 0. The molecule has 2 aromatic rings. The molecule has 128 valence electrons. The average molecular weight is 336 g/mol. The van der Waals surface area contributed by atoms with E-state index in [1.165, 1.54) is 0 Å². The molecule has 0 fully saturated rings. The van der Waals surface area contributed by atoms with Gasteiger partial charge in [0.15, 0.2) is 0 Å². The van der Waals surface area contributed by atoms with Gasteiger partial charge in [0.05, 0.1) is 12.1 Å². The number of carbonyl (C=O) groups is 1. The van der Waals surface area contributed by atoms with Gasteiger partial charge in [-0.15, -0.1) is 0 Å². The molecule has 0 aromatic heterocycles. The highest BCUT2D eigenvalue weighted by Gasteiger charge is 2.41. The predicted molar refractivity (Wildman–Crippen MR) is 86.3 cm³/mol. The Bertz CT molecular complexity index is 657. The highest BCUT2D eigenvalue weighted by molar-refractivity contribution is 5.82. The van der Waals surface area contributed by atoms with Crippen molar-refractivity contribution in [1.82, 2.24) is 10.2 Å². The van der Waals surface area contributed by atoms with Gasteiger partial charge in [-0.3, -0.25) is 4.79 Å². The van der Waals surface area contributed by atoms with Gasteiger partial charge in [-0.2, -0.15) is 13.2 Å². The first-order chi connectivity index (χ1) is 11.3. The van der Waals surface area contributed by atoms with Crippen molar-refractivity contribution in [1.29, 1.82) is 0 Å². The minimum atomic E-state index is -4.93. The Balaban J connectivity index is 2.45. The number of benzene rings is 2. The second-order valence-electron chi connectivity index (χ2n) is 5.68. The summed E-state index contributed by atoms with van der Waals surface area (Å²) in [4.78, 5) is 13.3. The van der Waals surface area contributed by atoms with E-state index in [4.69, 9.17) is 0 Å². The van der Waals surface area contributed by atoms with Crippen LogP contribution in [0.2, 0.25) is 0 Å². The van der Waals surface area contributed by atoms with E-state index < -0.39 is 24.2 Å². The van der Waals surface area contributed by atoms with E-state index in [-0.39, 0.29) is 0 Å². The maximum absolute atomic E-state index is 12.8. The second kappa shape index (κ2) is 7.49. The van der Waals surface area contributed by atoms with Gasteiger partial charge in [0.1, 0.15) is 0 Å². The van der Waals surface area contributed by atoms with Crippen molar-refractivity contribution >= 4 is 5.91 Å². The van der Waals surface area contributed by atoms with Crippen molar-refractivity contribution in [2.75, 3.05) is 14.1 Å². The van der Waals surface area contributed by atoms with Gasteiger partial charge in [-0.05, 0) is 25.2 Å². The fraction of sp³-hybridized carbons (Fsp3) is 0.278. The molecule has 0 aliphatic heterocycles. The van der Waals surface area contributed by atoms with E-state index in [1.807, 2.05) is 30.3 Å². The van der Waals surface area contributed by atoms with Gasteiger partial charge >= 0.3 is 12.1 Å². The van der Waals surface area contributed by atoms with Crippen LogP contribution in [0.4, 0.5) is 13.2 Å². The molecule has 2 aromatic carbocycles. The van der Waals surface area contributed by atoms with Crippen LogP contribution < -0.4 is 5.32 Å². The molecule has 0 saturated heterocycles. The van der Waals surface area contributed by atoms with E-state index in [0.717, 1.165) is 5.56 Å². The highest BCUT2D eigenvalue weighted by Crippen LogP contribution is 2.33. The Morgan fingerprint density at radius 1 is 0.917 bits per heavy atom. The lowest BCUT2D eigenvalue weighted by molar-refractivity contribution is -0.174. The van der Waals surface area contributed by atoms with Crippen molar-refractivity contribution in [3.05, 3.63) is 71.8 Å². The number of alkyl halides is 3. The van der Waals surface area contributed by atoms with E-state index in [2.05, 4.69) is 5.32 Å². The van der Waals surface area contributed by atoms with Gasteiger partial charge < -0.3 is 10.2 Å². The second-order valence-corrected chi connectivity index (χ2v) is 5.68. The quantitative estimate of drug-likeness (QED) is 0.903. The van der Waals surface area contributed by atoms with Crippen LogP contribution in [-0.2, 0) is 4.79 Å². The summed E-state index contributed by atoms with van der Waals surface area (Å²) < 4.78 is 38.3. The number of amides is 1. The summed E-state index contributed by atoms with van der Waals surface area (Å²) in [5.74, 6) is -1.95. The number of hydrogen-bond donors (Lipinski definition) is 1. The molecule has 2 atom stereocenters. The van der Waals surface area contributed by atoms with Gasteiger partial charge in [-0.25, -0.2) is 0 Å². The molecule has 0 unspecified atom stereocenters. The molecule has 0 bridgehead atoms. The number of halogens is 3. The monoisotopic (exact) mass is 336 g/mol. The lowest BCUT2D eigenvalue weighted by Crippen LogP contribution is -2.43. The summed E-state index contributed by atoms with van der Waals surface area (Å²) in [6.07, 6.45) is -4.93. The molecule has 0 aliphatic carbocycles. The number of hydrogen-bond acceptors (Lipinski definition) is 2. The number of nitrogens with zero attached hydrogens (tertiary/aromatic N) is 1. The minimum absolute atomic E-state index is 0.445. The van der Waals surface area contributed by atoms with Crippen LogP contribution in [0.5, 0.6) is 0 Å². The van der Waals surface area contributed by atoms with Crippen LogP contribution in [0.3, 0.4) is 0 Å². The fourth-order valence-electron chi connectivity index (χ4n) is 2.67. The SMILES string of the molecule is CN(C)[C@H](c1ccccc1)[C@H](NC(=O)C(F)(F)F)c1ccccc1. The zero-order chi connectivity index (χ0) is 17.7. The lowest BCUT2D eigenvalue weighted by atomic mass is 9.92. The number of likely N-dealkylation sites (N-methyl/N-ethyl adjacent to an activating group) is 1. The maximum Gasteiger partial charge on any atom is 0.471 e. The van der Waals surface area contributed by atoms with Gasteiger partial charge in [0, 0.05) is 0 Å². The molecule has 0 heterocycles. The largest absolute Gasteiger partial charge is 0.471 e. The molecule has 0 saturated carbocycles. The Labute approximate surface area is 139 Å². The molecule has 0 radical (unpaired) electrons. The summed E-state index contributed by atoms with van der Waals surface area (Å²) in [5.41, 5.74) is 1.43. The maximum atomic E-state index is 12.8. The molecule has 0 spiro atoms. The smallest absolute Gasteiger partial charge is 0.340 e. The molecule has 0 aliphatic rings. The van der Waals surface area contributed by atoms with E-state index in [0.29, 0.717) is 5.56 Å². The molecule has 1 amide bonds. The van der Waals surface area contributed by atoms with Gasteiger partial charge in [0.2, 0.25) is 0 Å². The zero-order valence-electron chi connectivity index (χ0n) is 13.4. The van der Waals surface area contributed by atoms with Gasteiger partial charge in [0.25, 0.3) is 0 Å². The molecule has 3 nitrogen and oxygen atoms in total. The Morgan fingerprint density at radius 2 is 1.38 bits per heavy atom. The van der Waals surface area contributed by atoms with E-state index in [1.54, 1.807) is 49.3 Å². The first-order valence-corrected chi connectivity index (χ1v) is 7.44. The number of rotatable bonds is 5.